The molecule has 0 aliphatic heterocycles. The van der Waals surface area contributed by atoms with Crippen LogP contribution in [0.1, 0.15) is 30.0 Å². The molecule has 0 atom stereocenters. The van der Waals surface area contributed by atoms with Crippen LogP contribution in [0.3, 0.4) is 0 Å². The van der Waals surface area contributed by atoms with Crippen LogP contribution in [0.25, 0.3) is 17.4 Å². The lowest BCUT2D eigenvalue weighted by Crippen LogP contribution is -2.33. The van der Waals surface area contributed by atoms with Crippen molar-refractivity contribution in [3.05, 3.63) is 131 Å². The number of hydrogen-bond donors (Lipinski definition) is 3. The Hall–Kier alpha value is -5.45. The maximum absolute atomic E-state index is 13.6. The van der Waals surface area contributed by atoms with Gasteiger partial charge in [-0.2, -0.15) is 0 Å². The quantitative estimate of drug-likeness (QED) is 0.0884. The van der Waals surface area contributed by atoms with E-state index in [1.807, 2.05) is 38.1 Å². The Morgan fingerprint density at radius 3 is 2.14 bits per heavy atom. The molecule has 0 saturated carbocycles. The number of hydrogen-bond acceptors (Lipinski definition) is 7. The Bertz CT molecular complexity index is 1990. The Balaban J connectivity index is 1.30. The number of nitrogens with one attached hydrogen (secondary N) is 3. The summed E-state index contributed by atoms with van der Waals surface area (Å²) in [6.45, 7) is 3.63. The number of benzene rings is 4. The average molecular weight is 696 g/mol. The molecule has 0 fully saturated rings. The van der Waals surface area contributed by atoms with E-state index in [2.05, 4.69) is 16.0 Å². The van der Waals surface area contributed by atoms with Crippen LogP contribution in [-0.2, 0) is 9.59 Å². The summed E-state index contributed by atoms with van der Waals surface area (Å²) in [6, 6.07) is 31.6. The van der Waals surface area contributed by atoms with E-state index < -0.39 is 16.6 Å². The van der Waals surface area contributed by atoms with Gasteiger partial charge in [-0.15, -0.1) is 11.8 Å². The van der Waals surface area contributed by atoms with Gasteiger partial charge < -0.3 is 29.8 Å². The topological polar surface area (TPSA) is 119 Å². The summed E-state index contributed by atoms with van der Waals surface area (Å²) in [4.78, 5) is 40.6. The molecule has 0 unspecified atom stereocenters. The minimum absolute atomic E-state index is 0.0235. The fourth-order valence-electron chi connectivity index (χ4n) is 4.68. The third-order valence-electron chi connectivity index (χ3n) is 7.26. The Labute approximate surface area is 293 Å². The van der Waals surface area contributed by atoms with Gasteiger partial charge in [0.1, 0.15) is 28.7 Å². The van der Waals surface area contributed by atoms with Crippen LogP contribution in [0, 0.1) is 0 Å². The minimum Gasteiger partial charge on any atom is -0.496 e. The summed E-state index contributed by atoms with van der Waals surface area (Å²) >= 11 is 7.57. The molecule has 0 aliphatic carbocycles. The second-order valence-electron chi connectivity index (χ2n) is 11.2. The largest absolute Gasteiger partial charge is 0.496 e. The van der Waals surface area contributed by atoms with Crippen LogP contribution >= 0.6 is 23.4 Å². The van der Waals surface area contributed by atoms with Gasteiger partial charge in [-0.1, -0.05) is 41.9 Å². The maximum atomic E-state index is 13.6. The van der Waals surface area contributed by atoms with Crippen molar-refractivity contribution in [2.45, 2.75) is 23.5 Å². The van der Waals surface area contributed by atoms with Crippen LogP contribution in [0.15, 0.2) is 124 Å². The second-order valence-corrected chi connectivity index (χ2v) is 13.3. The molecular formula is C38H34ClN3O6S. The van der Waals surface area contributed by atoms with Gasteiger partial charge in [0.25, 0.3) is 11.8 Å². The van der Waals surface area contributed by atoms with E-state index in [0.717, 1.165) is 10.5 Å². The molecule has 250 valence electrons. The third kappa shape index (κ3) is 8.92. The third-order valence-corrected chi connectivity index (χ3v) is 8.76. The number of thioether (sulfide) groups is 1. The monoisotopic (exact) mass is 695 g/mol. The molecule has 0 bridgehead atoms. The minimum atomic E-state index is -0.847. The predicted molar refractivity (Wildman–Crippen MR) is 194 cm³/mol. The van der Waals surface area contributed by atoms with Crippen LogP contribution in [0.5, 0.6) is 11.5 Å². The summed E-state index contributed by atoms with van der Waals surface area (Å²) in [7, 11) is 3.10. The summed E-state index contributed by atoms with van der Waals surface area (Å²) in [5, 5.41) is 8.85. The van der Waals surface area contributed by atoms with E-state index in [-0.39, 0.29) is 11.6 Å². The van der Waals surface area contributed by atoms with Gasteiger partial charge in [-0.05, 0) is 92.7 Å². The van der Waals surface area contributed by atoms with Gasteiger partial charge in [0.15, 0.2) is 0 Å². The first kappa shape index (κ1) is 34.9. The first-order valence-electron chi connectivity index (χ1n) is 15.1. The van der Waals surface area contributed by atoms with Crippen LogP contribution < -0.4 is 25.4 Å². The molecule has 11 heteroatoms. The average Bonchev–Trinajstić information content (AvgIpc) is 3.57. The highest BCUT2D eigenvalue weighted by molar-refractivity contribution is 8.01. The molecule has 0 spiro atoms. The molecule has 9 nitrogen and oxygen atoms in total. The lowest BCUT2D eigenvalue weighted by Gasteiger charge is -2.23. The lowest BCUT2D eigenvalue weighted by molar-refractivity contribution is -0.117. The van der Waals surface area contributed by atoms with Crippen molar-refractivity contribution in [3.63, 3.8) is 0 Å². The summed E-state index contributed by atoms with van der Waals surface area (Å²) in [5.41, 5.74) is 2.14. The van der Waals surface area contributed by atoms with Gasteiger partial charge >= 0.3 is 0 Å². The van der Waals surface area contributed by atoms with E-state index >= 15 is 0 Å². The summed E-state index contributed by atoms with van der Waals surface area (Å²) in [5.74, 6) is 0.808. The molecule has 3 N–H and O–H groups in total. The van der Waals surface area contributed by atoms with Crippen molar-refractivity contribution in [2.75, 3.05) is 24.9 Å². The Kier molecular flexibility index (Phi) is 11.1. The normalized spacial score (nSPS) is 11.4. The van der Waals surface area contributed by atoms with Crippen molar-refractivity contribution >= 4 is 58.5 Å². The summed E-state index contributed by atoms with van der Waals surface area (Å²) in [6.07, 6.45) is 1.47. The number of furan rings is 1. The number of para-hydroxylation sites is 1. The van der Waals surface area contributed by atoms with Gasteiger partial charge in [-0.25, -0.2) is 0 Å². The number of carbonyl (C=O) groups excluding carboxylic acids is 3. The van der Waals surface area contributed by atoms with E-state index in [1.165, 1.54) is 24.9 Å². The van der Waals surface area contributed by atoms with Crippen molar-refractivity contribution < 1.29 is 28.3 Å². The van der Waals surface area contributed by atoms with Crippen molar-refractivity contribution in [1.29, 1.82) is 0 Å². The predicted octanol–water partition coefficient (Wildman–Crippen LogP) is 8.54. The number of rotatable bonds is 12. The van der Waals surface area contributed by atoms with Gasteiger partial charge in [0.2, 0.25) is 5.91 Å². The second kappa shape index (κ2) is 15.6. The van der Waals surface area contributed by atoms with Crippen molar-refractivity contribution in [1.82, 2.24) is 5.32 Å². The zero-order chi connectivity index (χ0) is 35.0. The lowest BCUT2D eigenvalue weighted by atomic mass is 10.1. The fraction of sp³-hybridized carbons (Fsp3) is 0.132. The van der Waals surface area contributed by atoms with Gasteiger partial charge in [0, 0.05) is 27.9 Å². The van der Waals surface area contributed by atoms with Gasteiger partial charge in [-0.3, -0.25) is 14.4 Å². The molecular weight excluding hydrogens is 662 g/mol. The number of amides is 3. The molecule has 5 aromatic rings. The molecule has 0 radical (unpaired) electrons. The van der Waals surface area contributed by atoms with Crippen LogP contribution in [0.4, 0.5) is 11.4 Å². The van der Waals surface area contributed by atoms with Gasteiger partial charge in [0.05, 0.1) is 29.6 Å². The molecule has 5 rings (SSSR count). The molecule has 3 amide bonds. The molecule has 1 heterocycles. The van der Waals surface area contributed by atoms with E-state index in [9.17, 15) is 14.4 Å². The van der Waals surface area contributed by atoms with Crippen molar-refractivity contribution in [2.24, 2.45) is 0 Å². The molecule has 1 aromatic heterocycles. The highest BCUT2D eigenvalue weighted by Crippen LogP contribution is 2.35. The number of halogens is 1. The smallest absolute Gasteiger partial charge is 0.272 e. The number of carbonyl (C=O) groups is 3. The van der Waals surface area contributed by atoms with Crippen LogP contribution in [-0.4, -0.2) is 36.7 Å². The molecule has 0 aliphatic rings. The zero-order valence-corrected chi connectivity index (χ0v) is 28.8. The number of anilines is 2. The van der Waals surface area contributed by atoms with E-state index in [4.69, 9.17) is 25.5 Å². The van der Waals surface area contributed by atoms with E-state index in [0.29, 0.717) is 45.0 Å². The Morgan fingerprint density at radius 1 is 0.776 bits per heavy atom. The van der Waals surface area contributed by atoms with Crippen LogP contribution in [0.2, 0.25) is 5.02 Å². The van der Waals surface area contributed by atoms with Crippen molar-refractivity contribution in [3.8, 4) is 22.8 Å². The highest BCUT2D eigenvalue weighted by Gasteiger charge is 2.29. The molecule has 0 saturated heterocycles. The Morgan fingerprint density at radius 2 is 1.45 bits per heavy atom. The first-order chi connectivity index (χ1) is 23.6. The maximum Gasteiger partial charge on any atom is 0.272 e. The SMILES string of the molecule is COc1ccc(NC(=O)C(C)(C)Sc2ccc(NC(=O)/C(=C\c3ccc(-c4ccccc4OC)o3)NC(=O)c3ccccc3)cc2)cc1Cl. The molecule has 4 aromatic carbocycles. The first-order valence-corrected chi connectivity index (χ1v) is 16.3. The number of ether oxygens (including phenoxy) is 2. The van der Waals surface area contributed by atoms with E-state index in [1.54, 1.807) is 92.0 Å². The number of methoxy groups -OCH3 is 2. The summed E-state index contributed by atoms with van der Waals surface area (Å²) < 4.78 is 15.8. The zero-order valence-electron chi connectivity index (χ0n) is 27.2. The standard InChI is InChI=1S/C38H34ClN3O6S/c1-38(2,37(45)41-26-16-20-34(47-4)30(39)22-26)49-28-18-14-25(15-19-28)40-36(44)31(42-35(43)24-10-6-5-7-11-24)23-27-17-21-33(48-27)29-12-8-9-13-32(29)46-3/h5-23H,1-4H3,(H,40,44)(H,41,45)(H,42,43)/b31-23+. The molecule has 49 heavy (non-hydrogen) atoms. The highest BCUT2D eigenvalue weighted by atomic mass is 35.5. The fourth-order valence-corrected chi connectivity index (χ4v) is 5.94.